The Hall–Kier alpha value is -3.47. The predicted molar refractivity (Wildman–Crippen MR) is 121 cm³/mol. The number of rotatable bonds is 8. The van der Waals surface area contributed by atoms with Gasteiger partial charge >= 0.3 is 12.1 Å². The van der Waals surface area contributed by atoms with Crippen LogP contribution >= 0.6 is 0 Å². The Morgan fingerprint density at radius 3 is 2.69 bits per heavy atom. The Labute approximate surface area is 204 Å². The van der Waals surface area contributed by atoms with Crippen molar-refractivity contribution in [3.05, 3.63) is 34.9 Å². The van der Waals surface area contributed by atoms with Gasteiger partial charge in [0.15, 0.2) is 5.82 Å². The first-order chi connectivity index (χ1) is 17.0. The molecule has 3 rings (SSSR count). The Morgan fingerprint density at radius 2 is 2.11 bits per heavy atom. The number of phenolic OH excluding ortho intramolecular Hbond substituents is 1. The second-order valence-corrected chi connectivity index (χ2v) is 8.49. The summed E-state index contributed by atoms with van der Waals surface area (Å²) in [5, 5.41) is 52.3. The lowest BCUT2D eigenvalue weighted by Crippen LogP contribution is -2.46. The summed E-state index contributed by atoms with van der Waals surface area (Å²) in [5.74, 6) is -0.923. The molecule has 1 aliphatic heterocycles. The first-order valence-corrected chi connectivity index (χ1v) is 11.2. The molecule has 2 aromatic rings. The SMILES string of the molecule is Cc1c(-c2ccc(C(F)(F)F)cc2O)nnc(N[C@@H]2CC[C@@H](CC(=O)OC[C@@H](O)CO)NC2)c1C#N. The van der Waals surface area contributed by atoms with E-state index >= 15 is 0 Å². The fourth-order valence-corrected chi connectivity index (χ4v) is 3.83. The summed E-state index contributed by atoms with van der Waals surface area (Å²) in [7, 11) is 0. The molecule has 0 spiro atoms. The van der Waals surface area contributed by atoms with Crippen molar-refractivity contribution in [2.24, 2.45) is 0 Å². The Morgan fingerprint density at radius 1 is 1.36 bits per heavy atom. The molecule has 0 saturated carbocycles. The van der Waals surface area contributed by atoms with E-state index in [0.29, 0.717) is 31.0 Å². The highest BCUT2D eigenvalue weighted by Gasteiger charge is 2.32. The molecule has 1 aromatic carbocycles. The number of piperidine rings is 1. The third kappa shape index (κ3) is 6.60. The number of aromatic hydroxyl groups is 1. The van der Waals surface area contributed by atoms with E-state index in [1.165, 1.54) is 0 Å². The van der Waals surface area contributed by atoms with Crippen LogP contribution in [-0.4, -0.2) is 69.4 Å². The van der Waals surface area contributed by atoms with Crippen LogP contribution < -0.4 is 10.6 Å². The molecule has 13 heteroatoms. The largest absolute Gasteiger partial charge is 0.507 e. The second-order valence-electron chi connectivity index (χ2n) is 8.49. The van der Waals surface area contributed by atoms with Crippen LogP contribution in [0.15, 0.2) is 18.2 Å². The van der Waals surface area contributed by atoms with Crippen molar-refractivity contribution < 1.29 is 38.0 Å². The van der Waals surface area contributed by atoms with Crippen LogP contribution in [0.1, 0.15) is 36.0 Å². The van der Waals surface area contributed by atoms with Crippen LogP contribution in [0, 0.1) is 18.3 Å². The summed E-state index contributed by atoms with van der Waals surface area (Å²) >= 11 is 0. The van der Waals surface area contributed by atoms with E-state index in [1.54, 1.807) is 6.92 Å². The number of esters is 1. The summed E-state index contributed by atoms with van der Waals surface area (Å²) in [6.07, 6.45) is -4.38. The maximum Gasteiger partial charge on any atom is 0.416 e. The van der Waals surface area contributed by atoms with Gasteiger partial charge in [-0.2, -0.15) is 18.4 Å². The summed E-state index contributed by atoms with van der Waals surface area (Å²) < 4.78 is 43.6. The van der Waals surface area contributed by atoms with Gasteiger partial charge in [0, 0.05) is 24.2 Å². The first kappa shape index (κ1) is 27.1. The number of anilines is 1. The standard InChI is InChI=1S/C23H26F3N5O5/c1-12-18(8-27)22(31-30-21(12)17-5-2-13(6-19(17)34)23(24,25)26)29-15-4-3-14(28-9-15)7-20(35)36-11-16(33)10-32/h2,5-6,14-16,28,32-34H,3-4,7,9-11H2,1H3,(H,29,31)/t14-,15+,16-/m0/s1. The molecule has 10 nitrogen and oxygen atoms in total. The summed E-state index contributed by atoms with van der Waals surface area (Å²) in [6, 6.07) is 4.26. The van der Waals surface area contributed by atoms with Gasteiger partial charge in [0.1, 0.15) is 35.8 Å². The van der Waals surface area contributed by atoms with Gasteiger partial charge in [-0.1, -0.05) is 0 Å². The first-order valence-electron chi connectivity index (χ1n) is 11.2. The quantitative estimate of drug-likeness (QED) is 0.332. The fourth-order valence-electron chi connectivity index (χ4n) is 3.83. The number of ether oxygens (including phenoxy) is 1. The molecule has 36 heavy (non-hydrogen) atoms. The summed E-state index contributed by atoms with van der Waals surface area (Å²) in [5.41, 5.74) is -0.397. The molecular formula is C23H26F3N5O5. The van der Waals surface area contributed by atoms with Crippen LogP contribution in [0.2, 0.25) is 0 Å². The van der Waals surface area contributed by atoms with Gasteiger partial charge in [0.25, 0.3) is 0 Å². The monoisotopic (exact) mass is 509 g/mol. The zero-order valence-electron chi connectivity index (χ0n) is 19.3. The molecule has 1 saturated heterocycles. The lowest BCUT2D eigenvalue weighted by atomic mass is 9.97. The van der Waals surface area contributed by atoms with E-state index in [9.17, 15) is 33.4 Å². The van der Waals surface area contributed by atoms with Gasteiger partial charge < -0.3 is 30.7 Å². The lowest BCUT2D eigenvalue weighted by Gasteiger charge is -2.30. The number of alkyl halides is 3. The summed E-state index contributed by atoms with van der Waals surface area (Å²) in [4.78, 5) is 11.9. The van der Waals surface area contributed by atoms with Gasteiger partial charge in [-0.3, -0.25) is 4.79 Å². The highest BCUT2D eigenvalue weighted by molar-refractivity contribution is 5.74. The molecule has 0 bridgehead atoms. The number of phenols is 1. The van der Waals surface area contributed by atoms with Gasteiger partial charge in [-0.05, 0) is 43.5 Å². The van der Waals surface area contributed by atoms with Crippen LogP contribution in [-0.2, 0) is 15.7 Å². The Kier molecular flexibility index (Phi) is 8.67. The minimum Gasteiger partial charge on any atom is -0.507 e. The van der Waals surface area contributed by atoms with E-state index in [0.717, 1.165) is 12.1 Å². The van der Waals surface area contributed by atoms with Crippen molar-refractivity contribution in [2.75, 3.05) is 25.1 Å². The number of aliphatic hydroxyl groups is 2. The van der Waals surface area contributed by atoms with E-state index in [4.69, 9.17) is 9.84 Å². The van der Waals surface area contributed by atoms with Crippen molar-refractivity contribution in [3.8, 4) is 23.1 Å². The zero-order chi connectivity index (χ0) is 26.5. The molecule has 2 heterocycles. The maximum atomic E-state index is 12.9. The van der Waals surface area contributed by atoms with Crippen molar-refractivity contribution in [1.29, 1.82) is 5.26 Å². The van der Waals surface area contributed by atoms with Crippen molar-refractivity contribution in [2.45, 2.75) is 50.6 Å². The molecule has 0 radical (unpaired) electrons. The highest BCUT2D eigenvalue weighted by atomic mass is 19.4. The second kappa shape index (κ2) is 11.5. The van der Waals surface area contributed by atoms with E-state index < -0.39 is 36.2 Å². The number of nitriles is 1. The van der Waals surface area contributed by atoms with Crippen molar-refractivity contribution >= 4 is 11.8 Å². The van der Waals surface area contributed by atoms with E-state index in [-0.39, 0.29) is 47.8 Å². The predicted octanol–water partition coefficient (Wildman–Crippen LogP) is 1.87. The molecule has 1 aliphatic rings. The molecule has 0 unspecified atom stereocenters. The smallest absolute Gasteiger partial charge is 0.416 e. The number of halogens is 3. The number of hydrogen-bond donors (Lipinski definition) is 5. The molecule has 1 fully saturated rings. The molecule has 0 aliphatic carbocycles. The topological polar surface area (TPSA) is 161 Å². The number of carbonyl (C=O) groups is 1. The van der Waals surface area contributed by atoms with Crippen LogP contribution in [0.4, 0.5) is 19.0 Å². The van der Waals surface area contributed by atoms with Crippen LogP contribution in [0.25, 0.3) is 11.3 Å². The van der Waals surface area contributed by atoms with Crippen LogP contribution in [0.5, 0.6) is 5.75 Å². The minimum atomic E-state index is -4.61. The Bertz CT molecular complexity index is 1130. The van der Waals surface area contributed by atoms with E-state index in [1.807, 2.05) is 6.07 Å². The highest BCUT2D eigenvalue weighted by Crippen LogP contribution is 2.37. The fraction of sp³-hybridized carbons (Fsp3) is 0.478. The third-order valence-corrected chi connectivity index (χ3v) is 5.83. The molecule has 0 amide bonds. The van der Waals surface area contributed by atoms with Crippen LogP contribution in [0.3, 0.4) is 0 Å². The molecule has 1 aromatic heterocycles. The molecule has 194 valence electrons. The van der Waals surface area contributed by atoms with Gasteiger partial charge in [-0.25, -0.2) is 0 Å². The third-order valence-electron chi connectivity index (χ3n) is 5.83. The normalized spacial score (nSPS) is 18.8. The summed E-state index contributed by atoms with van der Waals surface area (Å²) in [6.45, 7) is 1.24. The number of benzene rings is 1. The minimum absolute atomic E-state index is 0.0246. The zero-order valence-corrected chi connectivity index (χ0v) is 19.3. The van der Waals surface area contributed by atoms with Gasteiger partial charge in [-0.15, -0.1) is 10.2 Å². The van der Waals surface area contributed by atoms with Crippen molar-refractivity contribution in [3.63, 3.8) is 0 Å². The van der Waals surface area contributed by atoms with Crippen molar-refractivity contribution in [1.82, 2.24) is 15.5 Å². The molecule has 3 atom stereocenters. The number of nitrogens with one attached hydrogen (secondary N) is 2. The molecular weight excluding hydrogens is 483 g/mol. The van der Waals surface area contributed by atoms with Gasteiger partial charge in [0.05, 0.1) is 18.6 Å². The van der Waals surface area contributed by atoms with Gasteiger partial charge in [0.2, 0.25) is 0 Å². The maximum absolute atomic E-state index is 12.9. The van der Waals surface area contributed by atoms with E-state index in [2.05, 4.69) is 20.8 Å². The Balaban J connectivity index is 1.65. The lowest BCUT2D eigenvalue weighted by molar-refractivity contribution is -0.148. The molecule has 5 N–H and O–H groups in total. The number of hydrogen-bond acceptors (Lipinski definition) is 10. The number of nitrogens with zero attached hydrogens (tertiary/aromatic N) is 3. The average Bonchev–Trinajstić information content (AvgIpc) is 2.84. The average molecular weight is 509 g/mol. The number of aromatic nitrogens is 2. The number of aliphatic hydroxyl groups excluding tert-OH is 2. The number of carbonyl (C=O) groups excluding carboxylic acids is 1.